The summed E-state index contributed by atoms with van der Waals surface area (Å²) in [5, 5.41) is 5.57. The summed E-state index contributed by atoms with van der Waals surface area (Å²) >= 11 is 4.96. The van der Waals surface area contributed by atoms with E-state index in [1.54, 1.807) is 0 Å². The minimum Gasteiger partial charge on any atom is -0.338 e. The molecule has 3 heterocycles. The monoisotopic (exact) mass is 328 g/mol. The van der Waals surface area contributed by atoms with Crippen LogP contribution >= 0.6 is 27.3 Å². The Balaban J connectivity index is 1.73. The van der Waals surface area contributed by atoms with E-state index in [1.807, 2.05) is 23.4 Å². The van der Waals surface area contributed by atoms with E-state index < -0.39 is 0 Å². The van der Waals surface area contributed by atoms with Crippen molar-refractivity contribution >= 4 is 33.2 Å². The molecule has 2 fully saturated rings. The maximum atomic E-state index is 12.4. The van der Waals surface area contributed by atoms with Gasteiger partial charge in [0, 0.05) is 29.6 Å². The van der Waals surface area contributed by atoms with Crippen LogP contribution in [0.15, 0.2) is 15.9 Å². The molecule has 18 heavy (non-hydrogen) atoms. The highest BCUT2D eigenvalue weighted by Gasteiger charge is 2.36. The molecule has 0 spiro atoms. The van der Waals surface area contributed by atoms with Crippen LogP contribution in [0.1, 0.15) is 35.4 Å². The number of hydrogen-bond donors (Lipinski definition) is 1. The van der Waals surface area contributed by atoms with Crippen molar-refractivity contribution in [2.24, 2.45) is 0 Å². The molecule has 1 N–H and O–H groups in total. The van der Waals surface area contributed by atoms with Crippen molar-refractivity contribution in [1.82, 2.24) is 10.2 Å². The molecule has 1 aromatic heterocycles. The quantitative estimate of drug-likeness (QED) is 0.905. The van der Waals surface area contributed by atoms with Crippen LogP contribution in [0.4, 0.5) is 0 Å². The molecule has 3 atom stereocenters. The average molecular weight is 329 g/mol. The molecule has 1 unspecified atom stereocenters. The lowest BCUT2D eigenvalue weighted by atomic mass is 9.98. The first kappa shape index (κ1) is 12.6. The maximum absolute atomic E-state index is 12.4. The first-order valence-corrected chi connectivity index (χ1v) is 8.08. The van der Waals surface area contributed by atoms with Crippen LogP contribution in [0, 0.1) is 0 Å². The lowest BCUT2D eigenvalue weighted by molar-refractivity contribution is 0.0686. The van der Waals surface area contributed by atoms with Crippen molar-refractivity contribution in [1.29, 1.82) is 0 Å². The number of amides is 1. The van der Waals surface area contributed by atoms with Gasteiger partial charge in [0.15, 0.2) is 0 Å². The molecular weight excluding hydrogens is 312 g/mol. The van der Waals surface area contributed by atoms with Gasteiger partial charge in [-0.1, -0.05) is 0 Å². The van der Waals surface area contributed by atoms with Crippen molar-refractivity contribution < 1.29 is 4.79 Å². The zero-order valence-corrected chi connectivity index (χ0v) is 12.8. The minimum absolute atomic E-state index is 0.156. The van der Waals surface area contributed by atoms with Crippen LogP contribution in [0.25, 0.3) is 0 Å². The Hall–Kier alpha value is -0.390. The van der Waals surface area contributed by atoms with E-state index in [4.69, 9.17) is 0 Å². The molecule has 3 nitrogen and oxygen atoms in total. The number of rotatable bonds is 2. The van der Waals surface area contributed by atoms with Gasteiger partial charge in [0.2, 0.25) is 0 Å². The maximum Gasteiger partial charge on any atom is 0.265 e. The molecule has 2 aliphatic rings. The van der Waals surface area contributed by atoms with Crippen molar-refractivity contribution in [3.8, 4) is 0 Å². The van der Waals surface area contributed by atoms with Gasteiger partial charge in [-0.15, -0.1) is 11.3 Å². The summed E-state index contributed by atoms with van der Waals surface area (Å²) in [5.74, 6) is 0.156. The molecule has 2 aliphatic heterocycles. The second-order valence-electron chi connectivity index (χ2n) is 5.28. The molecule has 5 heteroatoms. The highest BCUT2D eigenvalue weighted by atomic mass is 79.9. The topological polar surface area (TPSA) is 32.3 Å². The Bertz CT molecular complexity index is 450. The molecule has 0 aromatic carbocycles. The van der Waals surface area contributed by atoms with Crippen molar-refractivity contribution in [3.63, 3.8) is 0 Å². The molecule has 1 amide bonds. The summed E-state index contributed by atoms with van der Waals surface area (Å²) in [5.41, 5.74) is 0. The number of fused-ring (bicyclic) bond motifs is 2. The zero-order chi connectivity index (χ0) is 12.7. The Morgan fingerprint density at radius 1 is 1.44 bits per heavy atom. The van der Waals surface area contributed by atoms with Gasteiger partial charge in [0.05, 0.1) is 0 Å². The fraction of sp³-hybridized carbons (Fsp3) is 0.615. The van der Waals surface area contributed by atoms with Gasteiger partial charge >= 0.3 is 0 Å². The number of halogens is 1. The number of carbonyl (C=O) groups excluding carboxylic acids is 1. The van der Waals surface area contributed by atoms with Gasteiger partial charge < -0.3 is 10.2 Å². The van der Waals surface area contributed by atoms with Gasteiger partial charge in [-0.05, 0) is 53.1 Å². The first-order valence-electron chi connectivity index (χ1n) is 6.41. The number of hydrogen-bond acceptors (Lipinski definition) is 3. The lowest BCUT2D eigenvalue weighted by Gasteiger charge is -2.35. The Labute approximate surface area is 120 Å². The van der Waals surface area contributed by atoms with E-state index in [0.29, 0.717) is 18.1 Å². The zero-order valence-electron chi connectivity index (χ0n) is 10.4. The third-order valence-electron chi connectivity index (χ3n) is 4.13. The number of carbonyl (C=O) groups is 1. The smallest absolute Gasteiger partial charge is 0.265 e. The van der Waals surface area contributed by atoms with Crippen LogP contribution in [-0.2, 0) is 0 Å². The van der Waals surface area contributed by atoms with Crippen molar-refractivity contribution in [2.75, 3.05) is 7.05 Å². The Kier molecular flexibility index (Phi) is 3.47. The summed E-state index contributed by atoms with van der Waals surface area (Å²) in [6.45, 7) is 0. The van der Waals surface area contributed by atoms with E-state index in [9.17, 15) is 4.79 Å². The predicted octanol–water partition coefficient (Wildman–Crippen LogP) is 2.87. The van der Waals surface area contributed by atoms with E-state index in [-0.39, 0.29) is 5.91 Å². The van der Waals surface area contributed by atoms with Crippen LogP contribution in [-0.4, -0.2) is 36.0 Å². The third kappa shape index (κ3) is 2.24. The largest absolute Gasteiger partial charge is 0.338 e. The van der Waals surface area contributed by atoms with Gasteiger partial charge in [-0.2, -0.15) is 0 Å². The number of nitrogens with one attached hydrogen (secondary N) is 1. The molecule has 2 bridgehead atoms. The molecule has 0 radical (unpaired) electrons. The van der Waals surface area contributed by atoms with Crippen molar-refractivity contribution in [2.45, 2.75) is 43.8 Å². The third-order valence-corrected chi connectivity index (χ3v) is 5.95. The second-order valence-corrected chi connectivity index (χ2v) is 7.05. The summed E-state index contributed by atoms with van der Waals surface area (Å²) < 4.78 is 0.918. The molecule has 0 aliphatic carbocycles. The van der Waals surface area contributed by atoms with Crippen LogP contribution in [0.3, 0.4) is 0 Å². The number of thiophene rings is 1. The summed E-state index contributed by atoms with van der Waals surface area (Å²) in [4.78, 5) is 15.2. The second kappa shape index (κ2) is 4.94. The Morgan fingerprint density at radius 2 is 2.11 bits per heavy atom. The summed E-state index contributed by atoms with van der Waals surface area (Å²) in [6, 6.07) is 3.58. The average Bonchev–Trinajstić information content (AvgIpc) is 2.93. The normalized spacial score (nSPS) is 30.4. The Morgan fingerprint density at radius 3 is 2.67 bits per heavy atom. The fourth-order valence-corrected chi connectivity index (χ4v) is 4.64. The summed E-state index contributed by atoms with van der Waals surface area (Å²) in [7, 11) is 1.95. The predicted molar refractivity (Wildman–Crippen MR) is 77.1 cm³/mol. The molecule has 98 valence electrons. The standard InChI is InChI=1S/C13H17BrN2OS/c1-16(13(17)12-11(14)4-5-18-12)10-6-8-2-3-9(7-10)15-8/h4-5,8-10,15H,2-3,6-7H2,1H3/t8-,9+,10?. The highest BCUT2D eigenvalue weighted by Crippen LogP contribution is 2.31. The fourth-order valence-electron chi connectivity index (χ4n) is 3.12. The number of nitrogens with zero attached hydrogens (tertiary/aromatic N) is 1. The van der Waals surface area contributed by atoms with Crippen LogP contribution in [0.5, 0.6) is 0 Å². The van der Waals surface area contributed by atoms with Gasteiger partial charge in [0.25, 0.3) is 5.91 Å². The molecule has 3 rings (SSSR count). The molecular formula is C13H17BrN2OS. The van der Waals surface area contributed by atoms with E-state index in [2.05, 4.69) is 21.2 Å². The van der Waals surface area contributed by atoms with Gasteiger partial charge in [0.1, 0.15) is 4.88 Å². The van der Waals surface area contributed by atoms with Gasteiger partial charge in [-0.3, -0.25) is 4.79 Å². The lowest BCUT2D eigenvalue weighted by Crippen LogP contribution is -2.48. The van der Waals surface area contributed by atoms with Crippen LogP contribution < -0.4 is 5.32 Å². The highest BCUT2D eigenvalue weighted by molar-refractivity contribution is 9.10. The van der Waals surface area contributed by atoms with Gasteiger partial charge in [-0.25, -0.2) is 0 Å². The minimum atomic E-state index is 0.156. The molecule has 2 saturated heterocycles. The first-order chi connectivity index (χ1) is 8.65. The SMILES string of the molecule is CN(C(=O)c1sccc1Br)C1C[C@H]2CC[C@@H](C1)N2. The van der Waals surface area contributed by atoms with Crippen LogP contribution in [0.2, 0.25) is 0 Å². The number of piperidine rings is 1. The molecule has 0 saturated carbocycles. The molecule has 1 aromatic rings. The van der Waals surface area contributed by atoms with E-state index in [1.165, 1.54) is 24.2 Å². The van der Waals surface area contributed by atoms with E-state index in [0.717, 1.165) is 22.2 Å². The van der Waals surface area contributed by atoms with Crippen molar-refractivity contribution in [3.05, 3.63) is 20.8 Å². The summed E-state index contributed by atoms with van der Waals surface area (Å²) in [6.07, 6.45) is 4.74. The van der Waals surface area contributed by atoms with E-state index >= 15 is 0 Å².